The van der Waals surface area contributed by atoms with Gasteiger partial charge in [-0.05, 0) is 18.2 Å². The molecule has 0 saturated carbocycles. The summed E-state index contributed by atoms with van der Waals surface area (Å²) in [5.41, 5.74) is 0.511. The summed E-state index contributed by atoms with van der Waals surface area (Å²) in [5.74, 6) is 0.696. The van der Waals surface area contributed by atoms with Gasteiger partial charge in [-0.3, -0.25) is 0 Å². The van der Waals surface area contributed by atoms with Crippen LogP contribution in [0.2, 0.25) is 5.15 Å². The zero-order valence-corrected chi connectivity index (χ0v) is 8.75. The van der Waals surface area contributed by atoms with E-state index in [9.17, 15) is 0 Å². The van der Waals surface area contributed by atoms with Crippen molar-refractivity contribution in [2.45, 2.75) is 0 Å². The molecule has 0 aliphatic carbocycles. The number of methoxy groups -OCH3 is 1. The molecular formula is C11H7ClN2O. The molecule has 0 spiro atoms. The van der Waals surface area contributed by atoms with Crippen LogP contribution in [-0.2, 0) is 0 Å². The number of ether oxygens (including phenoxy) is 1. The van der Waals surface area contributed by atoms with E-state index in [1.54, 1.807) is 25.3 Å². The number of pyridine rings is 1. The summed E-state index contributed by atoms with van der Waals surface area (Å²) in [6, 6.07) is 7.44. The minimum atomic E-state index is 0.378. The first kappa shape index (κ1) is 9.75. The van der Waals surface area contributed by atoms with Crippen LogP contribution in [-0.4, -0.2) is 12.1 Å². The van der Waals surface area contributed by atoms with Crippen LogP contribution >= 0.6 is 11.6 Å². The second kappa shape index (κ2) is 3.76. The zero-order valence-electron chi connectivity index (χ0n) is 7.99. The van der Waals surface area contributed by atoms with Gasteiger partial charge in [0.1, 0.15) is 17.0 Å². The molecule has 0 atom stereocenters. The summed E-state index contributed by atoms with van der Waals surface area (Å²) in [6.45, 7) is 0. The van der Waals surface area contributed by atoms with Crippen LogP contribution in [0.25, 0.3) is 10.8 Å². The molecule has 0 fully saturated rings. The smallest absolute Gasteiger partial charge is 0.137 e. The van der Waals surface area contributed by atoms with Crippen molar-refractivity contribution >= 4 is 22.4 Å². The maximum Gasteiger partial charge on any atom is 0.137 e. The van der Waals surface area contributed by atoms with Gasteiger partial charge in [0.2, 0.25) is 0 Å². The molecule has 4 heteroatoms. The molecule has 0 N–H and O–H groups in total. The van der Waals surface area contributed by atoms with Gasteiger partial charge in [0.25, 0.3) is 0 Å². The molecule has 2 rings (SSSR count). The van der Waals surface area contributed by atoms with Crippen LogP contribution in [0.1, 0.15) is 5.56 Å². The Morgan fingerprint density at radius 2 is 2.20 bits per heavy atom. The Morgan fingerprint density at radius 3 is 2.87 bits per heavy atom. The number of aromatic nitrogens is 1. The highest BCUT2D eigenvalue weighted by molar-refractivity contribution is 6.34. The maximum atomic E-state index is 8.89. The number of rotatable bonds is 1. The molecule has 0 radical (unpaired) electrons. The SMILES string of the molecule is COc1ccc2c(C#N)cnc(Cl)c2c1. The van der Waals surface area contributed by atoms with Crippen LogP contribution in [0.5, 0.6) is 5.75 Å². The number of hydrogen-bond donors (Lipinski definition) is 0. The predicted molar refractivity (Wildman–Crippen MR) is 58.0 cm³/mol. The first-order valence-electron chi connectivity index (χ1n) is 4.28. The summed E-state index contributed by atoms with van der Waals surface area (Å²) in [4.78, 5) is 3.94. The fraction of sp³-hybridized carbons (Fsp3) is 0.0909. The fourth-order valence-electron chi connectivity index (χ4n) is 1.41. The number of nitriles is 1. The topological polar surface area (TPSA) is 45.9 Å². The van der Waals surface area contributed by atoms with Crippen LogP contribution < -0.4 is 4.74 Å². The molecule has 0 aliphatic heterocycles. The molecule has 0 amide bonds. The number of hydrogen-bond acceptors (Lipinski definition) is 3. The lowest BCUT2D eigenvalue weighted by Gasteiger charge is -2.04. The van der Waals surface area contributed by atoms with Gasteiger partial charge in [0.05, 0.1) is 12.7 Å². The molecule has 74 valence electrons. The zero-order chi connectivity index (χ0) is 10.8. The molecule has 0 aliphatic rings. The molecule has 0 bridgehead atoms. The molecular weight excluding hydrogens is 212 g/mol. The molecule has 1 aromatic carbocycles. The average molecular weight is 219 g/mol. The molecule has 2 aromatic rings. The van der Waals surface area contributed by atoms with Gasteiger partial charge in [-0.25, -0.2) is 4.98 Å². The van der Waals surface area contributed by atoms with E-state index in [1.165, 1.54) is 6.20 Å². The van der Waals surface area contributed by atoms with Crippen molar-refractivity contribution in [2.75, 3.05) is 7.11 Å². The number of fused-ring (bicyclic) bond motifs is 1. The van der Waals surface area contributed by atoms with Crippen molar-refractivity contribution < 1.29 is 4.74 Å². The van der Waals surface area contributed by atoms with Crippen molar-refractivity contribution in [1.29, 1.82) is 5.26 Å². The van der Waals surface area contributed by atoms with Crippen molar-refractivity contribution in [1.82, 2.24) is 4.98 Å². The molecule has 0 unspecified atom stereocenters. The molecule has 1 heterocycles. The van der Waals surface area contributed by atoms with E-state index in [-0.39, 0.29) is 0 Å². The van der Waals surface area contributed by atoms with E-state index in [1.807, 2.05) is 0 Å². The Balaban J connectivity index is 2.83. The van der Waals surface area contributed by atoms with Gasteiger partial charge in [0.15, 0.2) is 0 Å². The molecule has 1 aromatic heterocycles. The van der Waals surface area contributed by atoms with Crippen molar-refractivity contribution in [3.05, 3.63) is 35.1 Å². The van der Waals surface area contributed by atoms with E-state index in [2.05, 4.69) is 11.1 Å². The third-order valence-electron chi connectivity index (χ3n) is 2.17. The normalized spacial score (nSPS) is 9.93. The first-order valence-corrected chi connectivity index (χ1v) is 4.66. The summed E-state index contributed by atoms with van der Waals surface area (Å²) < 4.78 is 5.08. The minimum absolute atomic E-state index is 0.378. The monoisotopic (exact) mass is 218 g/mol. The second-order valence-corrected chi connectivity index (χ2v) is 3.34. The van der Waals surface area contributed by atoms with E-state index < -0.39 is 0 Å². The lowest BCUT2D eigenvalue weighted by Crippen LogP contribution is -1.87. The van der Waals surface area contributed by atoms with Gasteiger partial charge < -0.3 is 4.74 Å². The first-order chi connectivity index (χ1) is 7.26. The minimum Gasteiger partial charge on any atom is -0.497 e. The van der Waals surface area contributed by atoms with Gasteiger partial charge in [-0.2, -0.15) is 5.26 Å². The quantitative estimate of drug-likeness (QED) is 0.692. The third-order valence-corrected chi connectivity index (χ3v) is 2.47. The maximum absolute atomic E-state index is 8.89. The van der Waals surface area contributed by atoms with Crippen LogP contribution in [0, 0.1) is 11.3 Å². The van der Waals surface area contributed by atoms with Gasteiger partial charge in [-0.1, -0.05) is 11.6 Å². The van der Waals surface area contributed by atoms with Crippen LogP contribution in [0.15, 0.2) is 24.4 Å². The van der Waals surface area contributed by atoms with E-state index in [4.69, 9.17) is 21.6 Å². The van der Waals surface area contributed by atoms with Crippen molar-refractivity contribution in [3.8, 4) is 11.8 Å². The lowest BCUT2D eigenvalue weighted by molar-refractivity contribution is 0.415. The second-order valence-electron chi connectivity index (χ2n) is 2.99. The Bertz CT molecular complexity index is 560. The summed E-state index contributed by atoms with van der Waals surface area (Å²) in [7, 11) is 1.58. The predicted octanol–water partition coefficient (Wildman–Crippen LogP) is 2.77. The molecule has 3 nitrogen and oxygen atoms in total. The van der Waals surface area contributed by atoms with Crippen LogP contribution in [0.3, 0.4) is 0 Å². The molecule has 15 heavy (non-hydrogen) atoms. The van der Waals surface area contributed by atoms with Gasteiger partial charge >= 0.3 is 0 Å². The summed E-state index contributed by atoms with van der Waals surface area (Å²) in [6.07, 6.45) is 1.47. The van der Waals surface area contributed by atoms with Crippen molar-refractivity contribution in [2.24, 2.45) is 0 Å². The highest BCUT2D eigenvalue weighted by Gasteiger charge is 2.06. The highest BCUT2D eigenvalue weighted by atomic mass is 35.5. The summed E-state index contributed by atoms with van der Waals surface area (Å²) in [5, 5.41) is 10.8. The summed E-state index contributed by atoms with van der Waals surface area (Å²) >= 11 is 5.94. The lowest BCUT2D eigenvalue weighted by atomic mass is 10.1. The van der Waals surface area contributed by atoms with Crippen LogP contribution in [0.4, 0.5) is 0 Å². The number of benzene rings is 1. The average Bonchev–Trinajstić information content (AvgIpc) is 2.29. The standard InChI is InChI=1S/C11H7ClN2O/c1-15-8-2-3-9-7(5-13)6-14-11(12)10(9)4-8/h2-4,6H,1H3. The van der Waals surface area contributed by atoms with Gasteiger partial charge in [-0.15, -0.1) is 0 Å². The highest BCUT2D eigenvalue weighted by Crippen LogP contribution is 2.27. The molecule has 0 saturated heterocycles. The Kier molecular flexibility index (Phi) is 2.44. The Hall–Kier alpha value is -1.79. The largest absolute Gasteiger partial charge is 0.497 e. The Labute approximate surface area is 91.9 Å². The number of halogens is 1. The van der Waals surface area contributed by atoms with Crippen molar-refractivity contribution in [3.63, 3.8) is 0 Å². The van der Waals surface area contributed by atoms with E-state index in [0.29, 0.717) is 16.5 Å². The Morgan fingerprint density at radius 1 is 1.40 bits per heavy atom. The van der Waals surface area contributed by atoms with E-state index in [0.717, 1.165) is 10.8 Å². The van der Waals surface area contributed by atoms with Gasteiger partial charge in [0, 0.05) is 17.0 Å². The fourth-order valence-corrected chi connectivity index (χ4v) is 1.61. The third kappa shape index (κ3) is 1.60. The van der Waals surface area contributed by atoms with E-state index >= 15 is 0 Å². The number of nitrogens with zero attached hydrogens (tertiary/aromatic N) is 2.